The molecule has 0 aliphatic carbocycles. The Morgan fingerprint density at radius 2 is 1.96 bits per heavy atom. The second-order valence-electron chi connectivity index (χ2n) is 6.82. The van der Waals surface area contributed by atoms with E-state index in [-0.39, 0.29) is 0 Å². The number of aromatic nitrogens is 3. The van der Waals surface area contributed by atoms with Gasteiger partial charge in [0.1, 0.15) is 12.7 Å². The fourth-order valence-corrected chi connectivity index (χ4v) is 4.03. The normalized spacial score (nSPS) is 20.5. The molecule has 2 atom stereocenters. The smallest absolute Gasteiger partial charge is 0.138 e. The largest absolute Gasteiger partial charge is 0.330 e. The predicted octanol–water partition coefficient (Wildman–Crippen LogP) is 3.10. The van der Waals surface area contributed by atoms with Gasteiger partial charge in [0.25, 0.3) is 0 Å². The summed E-state index contributed by atoms with van der Waals surface area (Å²) in [5, 5.41) is 4.96. The number of nitrogens with two attached hydrogens (primary N) is 1. The van der Waals surface area contributed by atoms with Gasteiger partial charge >= 0.3 is 0 Å². The Bertz CT molecular complexity index is 850. The van der Waals surface area contributed by atoms with Gasteiger partial charge in [-0.3, -0.25) is 4.90 Å². The molecule has 1 aliphatic rings. The summed E-state index contributed by atoms with van der Waals surface area (Å²) in [6.07, 6.45) is 3.24. The van der Waals surface area contributed by atoms with Crippen LogP contribution >= 0.6 is 11.6 Å². The van der Waals surface area contributed by atoms with Crippen molar-refractivity contribution in [2.45, 2.75) is 12.5 Å². The molecule has 134 valence electrons. The number of hydrogen-bond donors (Lipinski definition) is 1. The lowest BCUT2D eigenvalue weighted by molar-refractivity contribution is 0.316. The zero-order chi connectivity index (χ0) is 17.9. The maximum Gasteiger partial charge on any atom is 0.138 e. The standard InChI is InChI=1S/C20H22ClN5/c21-18-7-6-16(20(8-18)26-14-23-13-24-26)10-25-11-17(9-22)19(12-25)15-4-2-1-3-5-15/h1-8,13-14,17,19H,9-12,22H2/t17-,19+/m1/s1. The summed E-state index contributed by atoms with van der Waals surface area (Å²) < 4.78 is 1.77. The number of nitrogens with zero attached hydrogens (tertiary/aromatic N) is 4. The third kappa shape index (κ3) is 3.51. The minimum absolute atomic E-state index is 0.472. The molecule has 5 nitrogen and oxygen atoms in total. The molecule has 4 rings (SSSR count). The molecule has 6 heteroatoms. The van der Waals surface area contributed by atoms with Crippen LogP contribution in [0.25, 0.3) is 5.69 Å². The molecule has 0 radical (unpaired) electrons. The Labute approximate surface area is 158 Å². The first-order chi connectivity index (χ1) is 12.7. The summed E-state index contributed by atoms with van der Waals surface area (Å²) in [4.78, 5) is 6.53. The lowest BCUT2D eigenvalue weighted by Gasteiger charge is -2.18. The van der Waals surface area contributed by atoms with E-state index in [1.807, 2.05) is 12.1 Å². The highest BCUT2D eigenvalue weighted by Crippen LogP contribution is 2.33. The van der Waals surface area contributed by atoms with Crippen molar-refractivity contribution in [1.29, 1.82) is 0 Å². The van der Waals surface area contributed by atoms with Crippen LogP contribution in [0.2, 0.25) is 5.02 Å². The first-order valence-electron chi connectivity index (χ1n) is 8.85. The number of rotatable bonds is 5. The van der Waals surface area contributed by atoms with Crippen LogP contribution in [0.15, 0.2) is 61.2 Å². The van der Waals surface area contributed by atoms with E-state index < -0.39 is 0 Å². The molecule has 0 saturated carbocycles. The first kappa shape index (κ1) is 17.2. The predicted molar refractivity (Wildman–Crippen MR) is 103 cm³/mol. The van der Waals surface area contributed by atoms with Gasteiger partial charge in [-0.15, -0.1) is 0 Å². The fourth-order valence-electron chi connectivity index (χ4n) is 3.86. The zero-order valence-corrected chi connectivity index (χ0v) is 15.3. The van der Waals surface area contributed by atoms with Crippen molar-refractivity contribution in [3.05, 3.63) is 77.3 Å². The monoisotopic (exact) mass is 367 g/mol. The lowest BCUT2D eigenvalue weighted by Crippen LogP contribution is -2.23. The first-order valence-corrected chi connectivity index (χ1v) is 9.23. The Morgan fingerprint density at radius 3 is 2.69 bits per heavy atom. The van der Waals surface area contributed by atoms with E-state index in [1.165, 1.54) is 17.5 Å². The van der Waals surface area contributed by atoms with E-state index in [1.54, 1.807) is 11.0 Å². The topological polar surface area (TPSA) is 60.0 Å². The minimum Gasteiger partial charge on any atom is -0.330 e. The molecule has 1 fully saturated rings. The number of likely N-dealkylation sites (tertiary alicyclic amines) is 1. The van der Waals surface area contributed by atoms with Crippen LogP contribution in [-0.2, 0) is 6.54 Å². The Hall–Kier alpha value is -2.21. The van der Waals surface area contributed by atoms with Crippen molar-refractivity contribution < 1.29 is 0 Å². The van der Waals surface area contributed by atoms with E-state index in [9.17, 15) is 0 Å². The quantitative estimate of drug-likeness (QED) is 0.752. The van der Waals surface area contributed by atoms with Gasteiger partial charge < -0.3 is 5.73 Å². The van der Waals surface area contributed by atoms with Crippen molar-refractivity contribution >= 4 is 11.6 Å². The molecule has 0 spiro atoms. The van der Waals surface area contributed by atoms with Crippen LogP contribution in [-0.4, -0.2) is 39.3 Å². The SMILES string of the molecule is NC[C@@H]1CN(Cc2ccc(Cl)cc2-n2cncn2)C[C@H]1c1ccccc1. The number of hydrogen-bond acceptors (Lipinski definition) is 4. The zero-order valence-electron chi connectivity index (χ0n) is 14.5. The van der Waals surface area contributed by atoms with Crippen LogP contribution in [0.3, 0.4) is 0 Å². The summed E-state index contributed by atoms with van der Waals surface area (Å²) in [6, 6.07) is 16.6. The van der Waals surface area contributed by atoms with Gasteiger partial charge in [0.15, 0.2) is 0 Å². The second-order valence-corrected chi connectivity index (χ2v) is 7.26. The van der Waals surface area contributed by atoms with Gasteiger partial charge in [0.05, 0.1) is 5.69 Å². The van der Waals surface area contributed by atoms with Crippen LogP contribution < -0.4 is 5.73 Å². The maximum atomic E-state index is 6.21. The molecule has 2 aromatic carbocycles. The summed E-state index contributed by atoms with van der Waals surface area (Å²) in [5.74, 6) is 0.947. The molecular formula is C20H22ClN5. The minimum atomic E-state index is 0.472. The Balaban J connectivity index is 1.57. The summed E-state index contributed by atoms with van der Waals surface area (Å²) in [5.41, 5.74) is 9.61. The second kappa shape index (κ2) is 7.58. The van der Waals surface area contributed by atoms with Gasteiger partial charge in [-0.25, -0.2) is 9.67 Å². The highest BCUT2D eigenvalue weighted by molar-refractivity contribution is 6.30. The summed E-state index contributed by atoms with van der Waals surface area (Å²) in [6.45, 7) is 3.54. The van der Waals surface area contributed by atoms with Crippen molar-refractivity contribution in [2.24, 2.45) is 11.7 Å². The molecule has 1 aromatic heterocycles. The third-order valence-electron chi connectivity index (χ3n) is 5.15. The molecule has 0 amide bonds. The Kier molecular flexibility index (Phi) is 5.02. The summed E-state index contributed by atoms with van der Waals surface area (Å²) in [7, 11) is 0. The van der Waals surface area contributed by atoms with Gasteiger partial charge in [-0.1, -0.05) is 48.0 Å². The van der Waals surface area contributed by atoms with Crippen LogP contribution in [0.1, 0.15) is 17.0 Å². The molecule has 3 aromatic rings. The van der Waals surface area contributed by atoms with E-state index in [4.69, 9.17) is 17.3 Å². The van der Waals surface area contributed by atoms with E-state index >= 15 is 0 Å². The molecule has 2 heterocycles. The average Bonchev–Trinajstić information content (AvgIpc) is 3.34. The van der Waals surface area contributed by atoms with E-state index in [0.717, 1.165) is 25.3 Å². The summed E-state index contributed by atoms with van der Waals surface area (Å²) >= 11 is 6.21. The molecule has 0 bridgehead atoms. The maximum absolute atomic E-state index is 6.21. The van der Waals surface area contributed by atoms with E-state index in [2.05, 4.69) is 51.4 Å². The molecule has 1 saturated heterocycles. The van der Waals surface area contributed by atoms with Gasteiger partial charge in [-0.2, -0.15) is 5.10 Å². The molecule has 0 unspecified atom stereocenters. The van der Waals surface area contributed by atoms with Crippen LogP contribution in [0.4, 0.5) is 0 Å². The number of benzene rings is 2. The number of halogens is 1. The van der Waals surface area contributed by atoms with E-state index in [0.29, 0.717) is 23.4 Å². The van der Waals surface area contributed by atoms with Crippen molar-refractivity contribution in [3.8, 4) is 5.69 Å². The van der Waals surface area contributed by atoms with Gasteiger partial charge in [-0.05, 0) is 35.7 Å². The fraction of sp³-hybridized carbons (Fsp3) is 0.300. The van der Waals surface area contributed by atoms with Crippen LogP contribution in [0, 0.1) is 5.92 Å². The van der Waals surface area contributed by atoms with Crippen molar-refractivity contribution in [2.75, 3.05) is 19.6 Å². The average molecular weight is 368 g/mol. The van der Waals surface area contributed by atoms with Gasteiger partial charge in [0, 0.05) is 30.6 Å². The molecule has 26 heavy (non-hydrogen) atoms. The van der Waals surface area contributed by atoms with Crippen LogP contribution in [0.5, 0.6) is 0 Å². The third-order valence-corrected chi connectivity index (χ3v) is 5.39. The highest BCUT2D eigenvalue weighted by Gasteiger charge is 2.33. The highest BCUT2D eigenvalue weighted by atomic mass is 35.5. The van der Waals surface area contributed by atoms with Gasteiger partial charge in [0.2, 0.25) is 0 Å². The molecular weight excluding hydrogens is 346 g/mol. The van der Waals surface area contributed by atoms with Crippen molar-refractivity contribution in [3.63, 3.8) is 0 Å². The molecule has 2 N–H and O–H groups in total. The Morgan fingerprint density at radius 1 is 1.12 bits per heavy atom. The lowest BCUT2D eigenvalue weighted by atomic mass is 9.89. The molecule has 1 aliphatic heterocycles. The van der Waals surface area contributed by atoms with Crippen molar-refractivity contribution in [1.82, 2.24) is 19.7 Å².